The predicted octanol–water partition coefficient (Wildman–Crippen LogP) is 4.26. The summed E-state index contributed by atoms with van der Waals surface area (Å²) in [6, 6.07) is 7.97. The van der Waals surface area contributed by atoms with Crippen molar-refractivity contribution in [2.45, 2.75) is 38.5 Å². The number of amides is 1. The Morgan fingerprint density at radius 1 is 1.24 bits per heavy atom. The van der Waals surface area contributed by atoms with Crippen LogP contribution in [-0.2, 0) is 4.79 Å². The SMILES string of the molecule is O=C(CCNc1cccc(Br)c1)NCCC1=CCCCC1. The quantitative estimate of drug-likeness (QED) is 0.721. The summed E-state index contributed by atoms with van der Waals surface area (Å²) >= 11 is 3.43. The summed E-state index contributed by atoms with van der Waals surface area (Å²) in [7, 11) is 0. The van der Waals surface area contributed by atoms with Crippen molar-refractivity contribution in [3.05, 3.63) is 40.4 Å². The second-order valence-corrected chi connectivity index (χ2v) is 6.31. The molecule has 0 unspecified atom stereocenters. The van der Waals surface area contributed by atoms with E-state index in [1.165, 1.54) is 31.3 Å². The second-order valence-electron chi connectivity index (χ2n) is 5.40. The van der Waals surface area contributed by atoms with E-state index in [-0.39, 0.29) is 5.91 Å². The summed E-state index contributed by atoms with van der Waals surface area (Å²) in [6.45, 7) is 1.42. The van der Waals surface area contributed by atoms with Gasteiger partial charge >= 0.3 is 0 Å². The zero-order valence-corrected chi connectivity index (χ0v) is 13.9. The second kappa shape index (κ2) is 8.88. The van der Waals surface area contributed by atoms with Gasteiger partial charge in [-0.1, -0.05) is 33.6 Å². The Hall–Kier alpha value is -1.29. The van der Waals surface area contributed by atoms with Gasteiger partial charge in [0.1, 0.15) is 0 Å². The fourth-order valence-electron chi connectivity index (χ4n) is 2.50. The van der Waals surface area contributed by atoms with Crippen LogP contribution in [0.5, 0.6) is 0 Å². The number of carbonyl (C=O) groups is 1. The van der Waals surface area contributed by atoms with Crippen LogP contribution in [0.25, 0.3) is 0 Å². The van der Waals surface area contributed by atoms with E-state index in [4.69, 9.17) is 0 Å². The van der Waals surface area contributed by atoms with Gasteiger partial charge in [-0.3, -0.25) is 4.79 Å². The smallest absolute Gasteiger partial charge is 0.221 e. The fourth-order valence-corrected chi connectivity index (χ4v) is 2.90. The van der Waals surface area contributed by atoms with E-state index in [0.717, 1.165) is 23.1 Å². The van der Waals surface area contributed by atoms with Gasteiger partial charge in [-0.05, 0) is 50.3 Å². The third-order valence-electron chi connectivity index (χ3n) is 3.66. The first-order valence-corrected chi connectivity index (χ1v) is 8.47. The minimum Gasteiger partial charge on any atom is -0.384 e. The largest absolute Gasteiger partial charge is 0.384 e. The lowest BCUT2D eigenvalue weighted by molar-refractivity contribution is -0.120. The van der Waals surface area contributed by atoms with Crippen molar-refractivity contribution in [3.8, 4) is 0 Å². The Labute approximate surface area is 135 Å². The topological polar surface area (TPSA) is 41.1 Å². The molecule has 1 aromatic carbocycles. The standard InChI is InChI=1S/C17H23BrN2O/c18-15-7-4-8-16(13-15)19-12-10-17(21)20-11-9-14-5-2-1-3-6-14/h4-5,7-8,13,19H,1-3,6,9-12H2,(H,20,21). The molecule has 0 saturated carbocycles. The monoisotopic (exact) mass is 350 g/mol. The molecule has 2 N–H and O–H groups in total. The number of carbonyl (C=O) groups excluding carboxylic acids is 1. The number of benzene rings is 1. The van der Waals surface area contributed by atoms with Crippen LogP contribution in [-0.4, -0.2) is 19.0 Å². The van der Waals surface area contributed by atoms with Gasteiger partial charge in [-0.25, -0.2) is 0 Å². The first-order chi connectivity index (χ1) is 10.2. The molecular formula is C17H23BrN2O. The molecule has 0 aromatic heterocycles. The Kier molecular flexibility index (Phi) is 6.80. The molecule has 0 fully saturated rings. The average Bonchev–Trinajstić information content (AvgIpc) is 2.48. The van der Waals surface area contributed by atoms with Gasteiger partial charge in [0.15, 0.2) is 0 Å². The van der Waals surface area contributed by atoms with Crippen molar-refractivity contribution in [2.24, 2.45) is 0 Å². The zero-order chi connectivity index (χ0) is 14.9. The molecule has 0 radical (unpaired) electrons. The summed E-state index contributed by atoms with van der Waals surface area (Å²) in [4.78, 5) is 11.8. The van der Waals surface area contributed by atoms with Gasteiger partial charge in [0.2, 0.25) is 5.91 Å². The van der Waals surface area contributed by atoms with E-state index in [1.54, 1.807) is 0 Å². The molecule has 1 amide bonds. The van der Waals surface area contributed by atoms with Crippen LogP contribution in [0.1, 0.15) is 38.5 Å². The summed E-state index contributed by atoms with van der Waals surface area (Å²) in [5, 5.41) is 6.25. The molecule has 1 aliphatic rings. The van der Waals surface area contributed by atoms with E-state index in [0.29, 0.717) is 13.0 Å². The van der Waals surface area contributed by atoms with Gasteiger partial charge in [-0.2, -0.15) is 0 Å². The number of rotatable bonds is 7. The maximum Gasteiger partial charge on any atom is 0.221 e. The first kappa shape index (κ1) is 16.1. The molecule has 0 bridgehead atoms. The summed E-state index contributed by atoms with van der Waals surface area (Å²) in [5.41, 5.74) is 2.54. The molecular weight excluding hydrogens is 328 g/mol. The van der Waals surface area contributed by atoms with Crippen LogP contribution in [0.4, 0.5) is 5.69 Å². The lowest BCUT2D eigenvalue weighted by Gasteiger charge is -2.13. The zero-order valence-electron chi connectivity index (χ0n) is 12.3. The van der Waals surface area contributed by atoms with Crippen molar-refractivity contribution in [3.63, 3.8) is 0 Å². The Morgan fingerprint density at radius 2 is 2.14 bits per heavy atom. The molecule has 0 aliphatic heterocycles. The maximum absolute atomic E-state index is 11.8. The molecule has 21 heavy (non-hydrogen) atoms. The number of hydrogen-bond donors (Lipinski definition) is 2. The van der Waals surface area contributed by atoms with E-state index in [2.05, 4.69) is 32.6 Å². The van der Waals surface area contributed by atoms with E-state index in [9.17, 15) is 4.79 Å². The molecule has 2 rings (SSSR count). The Bertz CT molecular complexity index is 499. The minimum absolute atomic E-state index is 0.119. The summed E-state index contributed by atoms with van der Waals surface area (Å²) < 4.78 is 1.04. The maximum atomic E-state index is 11.8. The van der Waals surface area contributed by atoms with Crippen LogP contribution in [0, 0.1) is 0 Å². The highest BCUT2D eigenvalue weighted by molar-refractivity contribution is 9.10. The summed E-state index contributed by atoms with van der Waals surface area (Å²) in [6.07, 6.45) is 8.88. The van der Waals surface area contributed by atoms with E-state index < -0.39 is 0 Å². The number of anilines is 1. The Morgan fingerprint density at radius 3 is 2.90 bits per heavy atom. The molecule has 4 heteroatoms. The van der Waals surface area contributed by atoms with Gasteiger partial charge in [-0.15, -0.1) is 0 Å². The Balaban J connectivity index is 1.58. The van der Waals surface area contributed by atoms with Crippen molar-refractivity contribution in [1.82, 2.24) is 5.32 Å². The lowest BCUT2D eigenvalue weighted by atomic mass is 9.97. The molecule has 0 atom stereocenters. The van der Waals surface area contributed by atoms with E-state index in [1.807, 2.05) is 24.3 Å². The van der Waals surface area contributed by atoms with Crippen LogP contribution < -0.4 is 10.6 Å². The third kappa shape index (κ3) is 6.34. The number of nitrogens with one attached hydrogen (secondary N) is 2. The van der Waals surface area contributed by atoms with Crippen LogP contribution in [0.3, 0.4) is 0 Å². The highest BCUT2D eigenvalue weighted by Gasteiger charge is 2.05. The minimum atomic E-state index is 0.119. The number of allylic oxidation sites excluding steroid dienone is 1. The highest BCUT2D eigenvalue weighted by atomic mass is 79.9. The number of halogens is 1. The molecule has 114 valence electrons. The normalized spacial score (nSPS) is 14.4. The molecule has 1 aliphatic carbocycles. The van der Waals surface area contributed by atoms with Gasteiger partial charge in [0.05, 0.1) is 0 Å². The van der Waals surface area contributed by atoms with Crippen LogP contribution in [0.15, 0.2) is 40.4 Å². The molecule has 0 heterocycles. The van der Waals surface area contributed by atoms with Gasteiger partial charge in [0, 0.05) is 29.7 Å². The lowest BCUT2D eigenvalue weighted by Crippen LogP contribution is -2.26. The molecule has 0 saturated heterocycles. The van der Waals surface area contributed by atoms with Crippen molar-refractivity contribution < 1.29 is 4.79 Å². The highest BCUT2D eigenvalue weighted by Crippen LogP contribution is 2.19. The van der Waals surface area contributed by atoms with Crippen molar-refractivity contribution >= 4 is 27.5 Å². The van der Waals surface area contributed by atoms with Crippen LogP contribution >= 0.6 is 15.9 Å². The summed E-state index contributed by atoms with van der Waals surface area (Å²) in [5.74, 6) is 0.119. The number of hydrogen-bond acceptors (Lipinski definition) is 2. The molecule has 1 aromatic rings. The average molecular weight is 351 g/mol. The molecule has 3 nitrogen and oxygen atoms in total. The van der Waals surface area contributed by atoms with Crippen molar-refractivity contribution in [2.75, 3.05) is 18.4 Å². The van der Waals surface area contributed by atoms with Crippen molar-refractivity contribution in [1.29, 1.82) is 0 Å². The van der Waals surface area contributed by atoms with Gasteiger partial charge in [0.25, 0.3) is 0 Å². The van der Waals surface area contributed by atoms with E-state index >= 15 is 0 Å². The van der Waals surface area contributed by atoms with Gasteiger partial charge < -0.3 is 10.6 Å². The predicted molar refractivity (Wildman–Crippen MR) is 91.4 cm³/mol. The first-order valence-electron chi connectivity index (χ1n) is 7.68. The van der Waals surface area contributed by atoms with Crippen LogP contribution in [0.2, 0.25) is 0 Å². The molecule has 0 spiro atoms. The third-order valence-corrected chi connectivity index (χ3v) is 4.15. The fraction of sp³-hybridized carbons (Fsp3) is 0.471.